The lowest BCUT2D eigenvalue weighted by atomic mass is 9.78. The van der Waals surface area contributed by atoms with Crippen molar-refractivity contribution in [1.29, 1.82) is 0 Å². The molecular weight excluding hydrogens is 196 g/mol. The Balaban J connectivity index is 2.33. The van der Waals surface area contributed by atoms with Crippen molar-refractivity contribution in [3.05, 3.63) is 0 Å². The first-order valence-corrected chi connectivity index (χ1v) is 6.97. The van der Waals surface area contributed by atoms with Gasteiger partial charge in [-0.2, -0.15) is 0 Å². The second-order valence-electron chi connectivity index (χ2n) is 6.16. The molecule has 0 aromatic carbocycles. The summed E-state index contributed by atoms with van der Waals surface area (Å²) in [7, 11) is 0. The predicted molar refractivity (Wildman–Crippen MR) is 71.8 cm³/mol. The van der Waals surface area contributed by atoms with E-state index >= 15 is 0 Å². The van der Waals surface area contributed by atoms with Crippen LogP contribution in [0.2, 0.25) is 0 Å². The smallest absolute Gasteiger partial charge is 0.0136 e. The summed E-state index contributed by atoms with van der Waals surface area (Å²) in [6.45, 7) is 15.0. The van der Waals surface area contributed by atoms with Gasteiger partial charge < -0.3 is 10.2 Å². The molecule has 96 valence electrons. The average Bonchev–Trinajstić information content (AvgIpc) is 2.13. The Bertz CT molecular complexity index is 195. The third-order valence-electron chi connectivity index (χ3n) is 3.66. The summed E-state index contributed by atoms with van der Waals surface area (Å²) in [6, 6.07) is 0.847. The summed E-state index contributed by atoms with van der Waals surface area (Å²) in [5, 5.41) is 3.65. The minimum atomic E-state index is 0.266. The third kappa shape index (κ3) is 4.06. The van der Waals surface area contributed by atoms with Crippen LogP contribution in [0.3, 0.4) is 0 Å². The average molecular weight is 226 g/mol. The van der Waals surface area contributed by atoms with E-state index in [9.17, 15) is 0 Å². The van der Waals surface area contributed by atoms with E-state index in [0.29, 0.717) is 0 Å². The van der Waals surface area contributed by atoms with Crippen molar-refractivity contribution in [3.8, 4) is 0 Å². The minimum Gasteiger partial charge on any atom is -0.312 e. The van der Waals surface area contributed by atoms with Crippen LogP contribution in [0.1, 0.15) is 53.9 Å². The van der Waals surface area contributed by atoms with Crippen LogP contribution in [-0.2, 0) is 0 Å². The predicted octanol–water partition coefficient (Wildman–Crippen LogP) is 2.89. The molecule has 0 bridgehead atoms. The molecule has 0 radical (unpaired) electrons. The first-order valence-electron chi connectivity index (χ1n) is 6.97. The molecule has 0 aromatic rings. The van der Waals surface area contributed by atoms with Gasteiger partial charge in [-0.05, 0) is 65.6 Å². The normalized spacial score (nSPS) is 25.9. The Morgan fingerprint density at radius 1 is 1.19 bits per heavy atom. The van der Waals surface area contributed by atoms with Crippen molar-refractivity contribution < 1.29 is 0 Å². The summed E-state index contributed by atoms with van der Waals surface area (Å²) in [5.41, 5.74) is 0.266. The molecule has 16 heavy (non-hydrogen) atoms. The van der Waals surface area contributed by atoms with Crippen LogP contribution in [0.15, 0.2) is 0 Å². The second kappa shape index (κ2) is 6.02. The van der Waals surface area contributed by atoms with Crippen molar-refractivity contribution >= 4 is 0 Å². The zero-order chi connectivity index (χ0) is 12.2. The van der Waals surface area contributed by atoms with Gasteiger partial charge >= 0.3 is 0 Å². The van der Waals surface area contributed by atoms with Gasteiger partial charge in [0.2, 0.25) is 0 Å². The summed E-state index contributed by atoms with van der Waals surface area (Å²) in [5.74, 6) is 0.880. The van der Waals surface area contributed by atoms with E-state index in [4.69, 9.17) is 0 Å². The molecule has 0 amide bonds. The van der Waals surface area contributed by atoms with Crippen LogP contribution in [-0.4, -0.2) is 36.1 Å². The molecule has 2 nitrogen and oxygen atoms in total. The highest BCUT2D eigenvalue weighted by atomic mass is 15.2. The van der Waals surface area contributed by atoms with Gasteiger partial charge in [-0.15, -0.1) is 0 Å². The molecule has 1 fully saturated rings. The highest BCUT2D eigenvalue weighted by Crippen LogP contribution is 2.32. The molecule has 1 rings (SSSR count). The highest BCUT2D eigenvalue weighted by molar-refractivity contribution is 4.90. The zero-order valence-corrected chi connectivity index (χ0v) is 11.8. The van der Waals surface area contributed by atoms with Crippen LogP contribution >= 0.6 is 0 Å². The molecule has 1 N–H and O–H groups in total. The summed E-state index contributed by atoms with van der Waals surface area (Å²) < 4.78 is 0. The molecule has 0 aromatic heterocycles. The molecule has 0 saturated heterocycles. The standard InChI is InChI=1S/C14H30N2/c1-6-10-16(7-2)13-9-8-12(13)11-15-14(3,4)5/h12-13,15H,6-11H2,1-5H3. The van der Waals surface area contributed by atoms with Crippen molar-refractivity contribution in [2.24, 2.45) is 5.92 Å². The fourth-order valence-electron chi connectivity index (χ4n) is 2.55. The second-order valence-corrected chi connectivity index (χ2v) is 6.16. The molecule has 2 atom stereocenters. The Hall–Kier alpha value is -0.0800. The van der Waals surface area contributed by atoms with Gasteiger partial charge in [-0.25, -0.2) is 0 Å². The van der Waals surface area contributed by atoms with Gasteiger partial charge in [0.25, 0.3) is 0 Å². The van der Waals surface area contributed by atoms with Gasteiger partial charge in [-0.3, -0.25) is 0 Å². The molecule has 0 heterocycles. The Morgan fingerprint density at radius 2 is 1.88 bits per heavy atom. The fraction of sp³-hybridized carbons (Fsp3) is 1.00. The highest BCUT2D eigenvalue weighted by Gasteiger charge is 2.34. The SMILES string of the molecule is CCCN(CC)C1CCC1CNC(C)(C)C. The Morgan fingerprint density at radius 3 is 2.25 bits per heavy atom. The van der Waals surface area contributed by atoms with E-state index in [1.807, 2.05) is 0 Å². The van der Waals surface area contributed by atoms with E-state index in [2.05, 4.69) is 44.8 Å². The van der Waals surface area contributed by atoms with Crippen LogP contribution in [0.5, 0.6) is 0 Å². The third-order valence-corrected chi connectivity index (χ3v) is 3.66. The van der Waals surface area contributed by atoms with Crippen LogP contribution in [0.25, 0.3) is 0 Å². The molecule has 2 heteroatoms. The summed E-state index contributed by atoms with van der Waals surface area (Å²) in [4.78, 5) is 2.67. The maximum Gasteiger partial charge on any atom is 0.0136 e. The van der Waals surface area contributed by atoms with E-state index in [1.165, 1.54) is 38.9 Å². The number of hydrogen-bond donors (Lipinski definition) is 1. The van der Waals surface area contributed by atoms with Gasteiger partial charge in [0, 0.05) is 11.6 Å². The van der Waals surface area contributed by atoms with Gasteiger partial charge in [0.15, 0.2) is 0 Å². The van der Waals surface area contributed by atoms with Crippen molar-refractivity contribution in [3.63, 3.8) is 0 Å². The van der Waals surface area contributed by atoms with E-state index in [1.54, 1.807) is 0 Å². The first kappa shape index (κ1) is 14.0. The van der Waals surface area contributed by atoms with E-state index in [-0.39, 0.29) is 5.54 Å². The van der Waals surface area contributed by atoms with Crippen molar-refractivity contribution in [2.75, 3.05) is 19.6 Å². The lowest BCUT2D eigenvalue weighted by molar-refractivity contribution is 0.0623. The summed E-state index contributed by atoms with van der Waals surface area (Å²) in [6.07, 6.45) is 4.10. The maximum atomic E-state index is 3.65. The molecule has 0 aliphatic heterocycles. The van der Waals surface area contributed by atoms with Crippen LogP contribution < -0.4 is 5.32 Å². The zero-order valence-electron chi connectivity index (χ0n) is 11.8. The molecule has 2 unspecified atom stereocenters. The van der Waals surface area contributed by atoms with Gasteiger partial charge in [0.05, 0.1) is 0 Å². The maximum absolute atomic E-state index is 3.65. The quantitative estimate of drug-likeness (QED) is 0.749. The lowest BCUT2D eigenvalue weighted by Gasteiger charge is -2.45. The van der Waals surface area contributed by atoms with E-state index in [0.717, 1.165) is 12.0 Å². The largest absolute Gasteiger partial charge is 0.312 e. The molecule has 1 aliphatic rings. The Labute approximate surface area is 102 Å². The van der Waals surface area contributed by atoms with Crippen molar-refractivity contribution in [1.82, 2.24) is 10.2 Å². The topological polar surface area (TPSA) is 15.3 Å². The molecule has 1 saturated carbocycles. The Kier molecular flexibility index (Phi) is 5.26. The minimum absolute atomic E-state index is 0.266. The first-order chi connectivity index (χ1) is 7.48. The lowest BCUT2D eigenvalue weighted by Crippen LogP contribution is -2.52. The van der Waals surface area contributed by atoms with Crippen molar-refractivity contribution in [2.45, 2.75) is 65.5 Å². The van der Waals surface area contributed by atoms with Crippen LogP contribution in [0, 0.1) is 5.92 Å². The number of nitrogens with one attached hydrogen (secondary N) is 1. The monoisotopic (exact) mass is 226 g/mol. The van der Waals surface area contributed by atoms with E-state index < -0.39 is 0 Å². The van der Waals surface area contributed by atoms with Gasteiger partial charge in [0.1, 0.15) is 0 Å². The number of hydrogen-bond acceptors (Lipinski definition) is 2. The van der Waals surface area contributed by atoms with Crippen LogP contribution in [0.4, 0.5) is 0 Å². The summed E-state index contributed by atoms with van der Waals surface area (Å²) >= 11 is 0. The molecule has 0 spiro atoms. The fourth-order valence-corrected chi connectivity index (χ4v) is 2.55. The number of nitrogens with zero attached hydrogens (tertiary/aromatic N) is 1. The molecular formula is C14H30N2. The van der Waals surface area contributed by atoms with Gasteiger partial charge in [-0.1, -0.05) is 13.8 Å². The molecule has 1 aliphatic carbocycles. The number of rotatable bonds is 6.